The van der Waals surface area contributed by atoms with Gasteiger partial charge in [0.2, 0.25) is 5.95 Å². The van der Waals surface area contributed by atoms with Crippen LogP contribution in [0.3, 0.4) is 0 Å². The number of carbonyl (C=O) groups excluding carboxylic acids is 1. The molecule has 0 aliphatic carbocycles. The summed E-state index contributed by atoms with van der Waals surface area (Å²) >= 11 is 0. The number of aromatic nitrogens is 3. The molecule has 10 nitrogen and oxygen atoms in total. The molecule has 3 aromatic rings. The zero-order chi connectivity index (χ0) is 23.8. The molecule has 0 saturated carbocycles. The van der Waals surface area contributed by atoms with Gasteiger partial charge in [0.25, 0.3) is 5.69 Å². The van der Waals surface area contributed by atoms with Crippen molar-refractivity contribution in [1.29, 1.82) is 0 Å². The minimum atomic E-state index is -0.496. The van der Waals surface area contributed by atoms with E-state index in [1.54, 1.807) is 13.0 Å². The summed E-state index contributed by atoms with van der Waals surface area (Å²) in [4.78, 5) is 35.4. The Morgan fingerprint density at radius 2 is 1.79 bits per heavy atom. The highest BCUT2D eigenvalue weighted by molar-refractivity contribution is 5.96. The third-order valence-electron chi connectivity index (χ3n) is 4.81. The van der Waals surface area contributed by atoms with Crippen LogP contribution in [0.25, 0.3) is 11.3 Å². The number of ether oxygens (including phenoxy) is 1. The summed E-state index contributed by atoms with van der Waals surface area (Å²) in [6, 6.07) is 10.8. The highest BCUT2D eigenvalue weighted by Gasteiger charge is 2.17. The fraction of sp³-hybridized carbons (Fsp3) is 0.304. The van der Waals surface area contributed by atoms with Crippen molar-refractivity contribution in [2.45, 2.75) is 26.7 Å². The van der Waals surface area contributed by atoms with Crippen LogP contribution in [-0.2, 0) is 4.74 Å². The van der Waals surface area contributed by atoms with Gasteiger partial charge in [-0.15, -0.1) is 0 Å². The Balaban J connectivity index is 1.71. The van der Waals surface area contributed by atoms with Crippen molar-refractivity contribution in [3.8, 4) is 11.3 Å². The maximum absolute atomic E-state index is 12.4. The van der Waals surface area contributed by atoms with Crippen LogP contribution in [0.1, 0.15) is 42.6 Å². The molecule has 0 amide bonds. The summed E-state index contributed by atoms with van der Waals surface area (Å²) in [6.45, 7) is 7.18. The number of nitro groups is 1. The third kappa shape index (κ3) is 6.22. The number of nitrogens with one attached hydrogen (secondary N) is 2. The molecule has 33 heavy (non-hydrogen) atoms. The van der Waals surface area contributed by atoms with Gasteiger partial charge in [-0.05, 0) is 24.5 Å². The Labute approximate surface area is 191 Å². The molecule has 2 heterocycles. The Morgan fingerprint density at radius 1 is 1.06 bits per heavy atom. The lowest BCUT2D eigenvalue weighted by molar-refractivity contribution is -0.385. The van der Waals surface area contributed by atoms with Crippen LogP contribution < -0.4 is 10.6 Å². The van der Waals surface area contributed by atoms with Crippen molar-refractivity contribution in [2.24, 2.45) is 0 Å². The van der Waals surface area contributed by atoms with Gasteiger partial charge in [-0.1, -0.05) is 38.1 Å². The van der Waals surface area contributed by atoms with Gasteiger partial charge in [-0.2, -0.15) is 0 Å². The maximum Gasteiger partial charge on any atom is 0.341 e. The van der Waals surface area contributed by atoms with Crippen molar-refractivity contribution in [3.63, 3.8) is 0 Å². The molecule has 0 saturated heterocycles. The van der Waals surface area contributed by atoms with Crippen LogP contribution in [-0.4, -0.2) is 45.5 Å². The Kier molecular flexibility index (Phi) is 7.85. The summed E-state index contributed by atoms with van der Waals surface area (Å²) in [7, 11) is 0. The van der Waals surface area contributed by atoms with E-state index in [-0.39, 0.29) is 12.3 Å². The predicted molar refractivity (Wildman–Crippen MR) is 125 cm³/mol. The standard InChI is InChI=1S/C23H26N6O4/c1-4-33-22(30)19-14-27-23(28-21(19)17-7-5-16(6-8-17)15(2)3)25-12-11-24-20-10-9-18(13-26-20)29(31)32/h5-10,13-15H,4,11-12H2,1-3H3,(H,24,26)(H,25,27,28). The monoisotopic (exact) mass is 450 g/mol. The molecule has 2 aromatic heterocycles. The molecule has 0 atom stereocenters. The summed E-state index contributed by atoms with van der Waals surface area (Å²) in [5.41, 5.74) is 2.71. The van der Waals surface area contributed by atoms with E-state index in [2.05, 4.69) is 39.4 Å². The van der Waals surface area contributed by atoms with E-state index in [4.69, 9.17) is 4.74 Å². The topological polar surface area (TPSA) is 132 Å². The van der Waals surface area contributed by atoms with Gasteiger partial charge < -0.3 is 15.4 Å². The summed E-state index contributed by atoms with van der Waals surface area (Å²) in [6.07, 6.45) is 2.66. The second-order valence-corrected chi connectivity index (χ2v) is 7.47. The average molecular weight is 450 g/mol. The molecule has 0 fully saturated rings. The molecule has 0 spiro atoms. The minimum Gasteiger partial charge on any atom is -0.462 e. The van der Waals surface area contributed by atoms with Crippen LogP contribution >= 0.6 is 0 Å². The highest BCUT2D eigenvalue weighted by Crippen LogP contribution is 2.25. The number of anilines is 2. The first-order chi connectivity index (χ1) is 15.9. The van der Waals surface area contributed by atoms with Gasteiger partial charge in [-0.25, -0.2) is 19.7 Å². The van der Waals surface area contributed by atoms with E-state index in [1.165, 1.54) is 24.0 Å². The normalized spacial score (nSPS) is 10.7. The zero-order valence-corrected chi connectivity index (χ0v) is 18.7. The van der Waals surface area contributed by atoms with E-state index in [9.17, 15) is 14.9 Å². The van der Waals surface area contributed by atoms with E-state index in [1.807, 2.05) is 24.3 Å². The highest BCUT2D eigenvalue weighted by atomic mass is 16.6. The molecule has 0 bridgehead atoms. The number of esters is 1. The smallest absolute Gasteiger partial charge is 0.341 e. The minimum absolute atomic E-state index is 0.0669. The van der Waals surface area contributed by atoms with Gasteiger partial charge in [0, 0.05) is 30.9 Å². The van der Waals surface area contributed by atoms with Gasteiger partial charge in [0.05, 0.1) is 17.2 Å². The van der Waals surface area contributed by atoms with Crippen LogP contribution in [0.15, 0.2) is 48.8 Å². The molecule has 10 heteroatoms. The first-order valence-electron chi connectivity index (χ1n) is 10.6. The van der Waals surface area contributed by atoms with Gasteiger partial charge in [-0.3, -0.25) is 10.1 Å². The number of rotatable bonds is 10. The van der Waals surface area contributed by atoms with Crippen LogP contribution in [0.5, 0.6) is 0 Å². The summed E-state index contributed by atoms with van der Waals surface area (Å²) < 4.78 is 5.16. The van der Waals surface area contributed by atoms with Crippen LogP contribution in [0.2, 0.25) is 0 Å². The molecule has 1 aromatic carbocycles. The molecule has 3 rings (SSSR count). The molecule has 0 unspecified atom stereocenters. The van der Waals surface area contributed by atoms with Gasteiger partial charge in [0.15, 0.2) is 0 Å². The molecule has 0 aliphatic rings. The van der Waals surface area contributed by atoms with Gasteiger partial charge in [0.1, 0.15) is 17.6 Å². The van der Waals surface area contributed by atoms with E-state index >= 15 is 0 Å². The molecule has 2 N–H and O–H groups in total. The maximum atomic E-state index is 12.4. The Morgan fingerprint density at radius 3 is 2.39 bits per heavy atom. The van der Waals surface area contributed by atoms with Crippen LogP contribution in [0.4, 0.5) is 17.5 Å². The molecule has 172 valence electrons. The van der Waals surface area contributed by atoms with Crippen molar-refractivity contribution < 1.29 is 14.5 Å². The van der Waals surface area contributed by atoms with Crippen molar-refractivity contribution in [2.75, 3.05) is 30.3 Å². The largest absolute Gasteiger partial charge is 0.462 e. The Bertz CT molecular complexity index is 1100. The van der Waals surface area contributed by atoms with Crippen LogP contribution in [0, 0.1) is 10.1 Å². The number of pyridine rings is 1. The molecular formula is C23H26N6O4. The zero-order valence-electron chi connectivity index (χ0n) is 18.7. The number of carbonyl (C=O) groups is 1. The molecule has 0 aliphatic heterocycles. The lowest BCUT2D eigenvalue weighted by atomic mass is 9.99. The quantitative estimate of drug-likeness (QED) is 0.201. The van der Waals surface area contributed by atoms with E-state index in [0.717, 1.165) is 5.56 Å². The SMILES string of the molecule is CCOC(=O)c1cnc(NCCNc2ccc([N+](=O)[O-])cn2)nc1-c1ccc(C(C)C)cc1. The number of nitrogens with zero attached hydrogens (tertiary/aromatic N) is 4. The van der Waals surface area contributed by atoms with Gasteiger partial charge >= 0.3 is 5.97 Å². The lowest BCUT2D eigenvalue weighted by Crippen LogP contribution is -2.17. The fourth-order valence-electron chi connectivity index (χ4n) is 3.03. The van der Waals surface area contributed by atoms with Crippen molar-refractivity contribution >= 4 is 23.4 Å². The summed E-state index contributed by atoms with van der Waals surface area (Å²) in [5.74, 6) is 0.804. The molecular weight excluding hydrogens is 424 g/mol. The van der Waals surface area contributed by atoms with E-state index in [0.29, 0.717) is 42.0 Å². The first-order valence-corrected chi connectivity index (χ1v) is 10.6. The van der Waals surface area contributed by atoms with Crippen molar-refractivity contribution in [1.82, 2.24) is 15.0 Å². The second-order valence-electron chi connectivity index (χ2n) is 7.47. The number of hydrogen-bond donors (Lipinski definition) is 2. The average Bonchev–Trinajstić information content (AvgIpc) is 2.82. The predicted octanol–water partition coefficient (Wildman–Crippen LogP) is 4.27. The fourth-order valence-corrected chi connectivity index (χ4v) is 3.03. The third-order valence-corrected chi connectivity index (χ3v) is 4.81. The molecule has 0 radical (unpaired) electrons. The lowest BCUT2D eigenvalue weighted by Gasteiger charge is -2.12. The number of hydrogen-bond acceptors (Lipinski definition) is 9. The van der Waals surface area contributed by atoms with E-state index < -0.39 is 10.9 Å². The summed E-state index contributed by atoms with van der Waals surface area (Å²) in [5, 5.41) is 16.9. The second kappa shape index (κ2) is 11.0. The Hall–Kier alpha value is -4.08. The number of benzene rings is 1. The van der Waals surface area contributed by atoms with Crippen molar-refractivity contribution in [3.05, 3.63) is 70.0 Å². The first kappa shape index (κ1) is 23.6.